The number of methoxy groups -OCH3 is 1. The molecule has 0 radical (unpaired) electrons. The predicted octanol–water partition coefficient (Wildman–Crippen LogP) is 2.19. The molecule has 114 valence electrons. The number of hydrogen-bond acceptors (Lipinski definition) is 3. The number of nitrogens with zero attached hydrogens (tertiary/aromatic N) is 2. The maximum Gasteiger partial charge on any atom is 0.324 e. The van der Waals surface area contributed by atoms with Crippen molar-refractivity contribution in [2.75, 3.05) is 25.6 Å². The van der Waals surface area contributed by atoms with Crippen LogP contribution in [0.3, 0.4) is 0 Å². The molecule has 6 nitrogen and oxygen atoms in total. The fraction of sp³-hybridized carbons (Fsp3) is 0.467. The molecule has 0 unspecified atom stereocenters. The normalized spacial score (nSPS) is 13.6. The van der Waals surface area contributed by atoms with Crippen LogP contribution < -0.4 is 9.64 Å². The van der Waals surface area contributed by atoms with Gasteiger partial charge in [0.15, 0.2) is 0 Å². The molecule has 21 heavy (non-hydrogen) atoms. The molecule has 1 N–H and O–H groups in total. The Morgan fingerprint density at radius 1 is 1.38 bits per heavy atom. The van der Waals surface area contributed by atoms with Gasteiger partial charge < -0.3 is 14.7 Å². The van der Waals surface area contributed by atoms with Gasteiger partial charge in [-0.2, -0.15) is 0 Å². The third-order valence-corrected chi connectivity index (χ3v) is 3.53. The third kappa shape index (κ3) is 3.87. The van der Waals surface area contributed by atoms with Gasteiger partial charge in [0.05, 0.1) is 13.5 Å². The first-order valence-electron chi connectivity index (χ1n) is 6.93. The van der Waals surface area contributed by atoms with Crippen LogP contribution in [0.15, 0.2) is 24.3 Å². The van der Waals surface area contributed by atoms with Crippen LogP contribution >= 0.6 is 0 Å². The number of amides is 2. The largest absolute Gasteiger partial charge is 0.497 e. The monoisotopic (exact) mass is 292 g/mol. The minimum absolute atomic E-state index is 0.0335. The first-order valence-corrected chi connectivity index (χ1v) is 6.93. The van der Waals surface area contributed by atoms with Gasteiger partial charge >= 0.3 is 12.0 Å². The van der Waals surface area contributed by atoms with Crippen LogP contribution in [0.2, 0.25) is 0 Å². The van der Waals surface area contributed by atoms with E-state index in [2.05, 4.69) is 0 Å². The van der Waals surface area contributed by atoms with E-state index in [0.717, 1.165) is 18.5 Å². The highest BCUT2D eigenvalue weighted by Crippen LogP contribution is 2.29. The van der Waals surface area contributed by atoms with Gasteiger partial charge in [0.1, 0.15) is 5.75 Å². The minimum atomic E-state index is -0.891. The van der Waals surface area contributed by atoms with Gasteiger partial charge in [-0.25, -0.2) is 4.79 Å². The number of hydrogen-bond donors (Lipinski definition) is 1. The molecule has 0 spiro atoms. The van der Waals surface area contributed by atoms with E-state index in [1.165, 1.54) is 4.90 Å². The Morgan fingerprint density at radius 2 is 2.10 bits per heavy atom. The number of aliphatic carboxylic acids is 1. The lowest BCUT2D eigenvalue weighted by Gasteiger charge is -2.28. The molecular weight excluding hydrogens is 272 g/mol. The number of carbonyl (C=O) groups is 2. The van der Waals surface area contributed by atoms with Crippen molar-refractivity contribution < 1.29 is 19.4 Å². The van der Waals surface area contributed by atoms with Crippen LogP contribution in [0.25, 0.3) is 0 Å². The molecule has 2 rings (SSSR count). The van der Waals surface area contributed by atoms with E-state index >= 15 is 0 Å². The van der Waals surface area contributed by atoms with Crippen molar-refractivity contribution in [3.63, 3.8) is 0 Å². The van der Waals surface area contributed by atoms with E-state index in [4.69, 9.17) is 9.84 Å². The van der Waals surface area contributed by atoms with E-state index in [9.17, 15) is 9.59 Å². The lowest BCUT2D eigenvalue weighted by Crippen LogP contribution is -2.43. The van der Waals surface area contributed by atoms with Crippen LogP contribution in [0.4, 0.5) is 10.5 Å². The average Bonchev–Trinajstić information content (AvgIpc) is 3.31. The second-order valence-electron chi connectivity index (χ2n) is 5.11. The van der Waals surface area contributed by atoms with Gasteiger partial charge in [0.2, 0.25) is 0 Å². The number of carboxylic acids is 1. The quantitative estimate of drug-likeness (QED) is 0.872. The molecule has 1 fully saturated rings. The van der Waals surface area contributed by atoms with Crippen LogP contribution in [0.1, 0.15) is 19.3 Å². The zero-order chi connectivity index (χ0) is 15.4. The topological polar surface area (TPSA) is 70.1 Å². The van der Waals surface area contributed by atoms with Crippen molar-refractivity contribution >= 4 is 17.7 Å². The van der Waals surface area contributed by atoms with Crippen molar-refractivity contribution in [1.82, 2.24) is 4.90 Å². The van der Waals surface area contributed by atoms with Gasteiger partial charge in [0, 0.05) is 31.4 Å². The predicted molar refractivity (Wildman–Crippen MR) is 78.8 cm³/mol. The third-order valence-electron chi connectivity index (χ3n) is 3.53. The molecule has 0 aliphatic heterocycles. The van der Waals surface area contributed by atoms with Crippen molar-refractivity contribution in [3.05, 3.63) is 24.3 Å². The Bertz CT molecular complexity index is 528. The highest BCUT2D eigenvalue weighted by Gasteiger charge is 2.34. The molecule has 1 aliphatic rings. The molecule has 1 saturated carbocycles. The minimum Gasteiger partial charge on any atom is -0.497 e. The van der Waals surface area contributed by atoms with Crippen molar-refractivity contribution in [2.45, 2.75) is 25.3 Å². The molecule has 6 heteroatoms. The number of carbonyl (C=O) groups excluding carboxylic acids is 1. The maximum atomic E-state index is 12.6. The average molecular weight is 292 g/mol. The second kappa shape index (κ2) is 6.47. The molecular formula is C15H20N2O4. The lowest BCUT2D eigenvalue weighted by molar-refractivity contribution is -0.137. The number of anilines is 1. The maximum absolute atomic E-state index is 12.6. The number of benzene rings is 1. The molecule has 1 aliphatic carbocycles. The summed E-state index contributed by atoms with van der Waals surface area (Å²) in [5, 5.41) is 8.80. The fourth-order valence-corrected chi connectivity index (χ4v) is 2.16. The molecule has 0 bridgehead atoms. The van der Waals surface area contributed by atoms with E-state index in [1.54, 1.807) is 25.1 Å². The van der Waals surface area contributed by atoms with Gasteiger partial charge in [-0.05, 0) is 25.0 Å². The standard InChI is InChI=1S/C15H20N2O4/c1-16(12-4-3-5-13(10-12)21-2)15(20)17(11-6-7-11)9-8-14(18)19/h3-5,10-11H,6-9H2,1-2H3,(H,18,19). The Morgan fingerprint density at radius 3 is 2.67 bits per heavy atom. The van der Waals surface area contributed by atoms with E-state index < -0.39 is 5.97 Å². The lowest BCUT2D eigenvalue weighted by atomic mass is 10.3. The van der Waals surface area contributed by atoms with Crippen molar-refractivity contribution in [3.8, 4) is 5.75 Å². The Balaban J connectivity index is 2.09. The fourth-order valence-electron chi connectivity index (χ4n) is 2.16. The van der Waals surface area contributed by atoms with Crippen molar-refractivity contribution in [1.29, 1.82) is 0 Å². The van der Waals surface area contributed by atoms with Crippen LogP contribution in [-0.4, -0.2) is 48.8 Å². The summed E-state index contributed by atoms with van der Waals surface area (Å²) in [6.07, 6.45) is 1.85. The SMILES string of the molecule is COc1cccc(N(C)C(=O)N(CCC(=O)O)C2CC2)c1. The highest BCUT2D eigenvalue weighted by molar-refractivity contribution is 5.92. The van der Waals surface area contributed by atoms with Gasteiger partial charge in [-0.3, -0.25) is 9.69 Å². The number of urea groups is 1. The van der Waals surface area contributed by atoms with E-state index in [0.29, 0.717) is 5.75 Å². The Hall–Kier alpha value is -2.24. The molecule has 0 atom stereocenters. The summed E-state index contributed by atoms with van der Waals surface area (Å²) >= 11 is 0. The van der Waals surface area contributed by atoms with E-state index in [-0.39, 0.29) is 25.0 Å². The van der Waals surface area contributed by atoms with Crippen LogP contribution in [0.5, 0.6) is 5.75 Å². The van der Waals surface area contributed by atoms with Gasteiger partial charge in [0.25, 0.3) is 0 Å². The molecule has 2 amide bonds. The summed E-state index contributed by atoms with van der Waals surface area (Å²) in [6.45, 7) is 0.243. The number of rotatable bonds is 6. The summed E-state index contributed by atoms with van der Waals surface area (Å²) in [5.74, 6) is -0.215. The van der Waals surface area contributed by atoms with Crippen molar-refractivity contribution in [2.24, 2.45) is 0 Å². The van der Waals surface area contributed by atoms with Crippen LogP contribution in [-0.2, 0) is 4.79 Å². The summed E-state index contributed by atoms with van der Waals surface area (Å²) in [7, 11) is 3.26. The number of carboxylic acid groups (broad SMARTS) is 1. The first-order chi connectivity index (χ1) is 10.0. The number of ether oxygens (including phenoxy) is 1. The molecule has 1 aromatic rings. The summed E-state index contributed by atoms with van der Waals surface area (Å²) < 4.78 is 5.15. The van der Waals surface area contributed by atoms with Gasteiger partial charge in [-0.15, -0.1) is 0 Å². The second-order valence-corrected chi connectivity index (χ2v) is 5.11. The summed E-state index contributed by atoms with van der Waals surface area (Å²) in [6, 6.07) is 7.22. The smallest absolute Gasteiger partial charge is 0.324 e. The molecule has 0 heterocycles. The molecule has 1 aromatic carbocycles. The summed E-state index contributed by atoms with van der Waals surface area (Å²) in [5.41, 5.74) is 0.723. The Kier molecular flexibility index (Phi) is 4.67. The zero-order valence-electron chi connectivity index (χ0n) is 12.3. The Labute approximate surface area is 123 Å². The summed E-state index contributed by atoms with van der Waals surface area (Å²) in [4.78, 5) is 26.5. The van der Waals surface area contributed by atoms with Gasteiger partial charge in [-0.1, -0.05) is 6.07 Å². The highest BCUT2D eigenvalue weighted by atomic mass is 16.5. The first kappa shape index (κ1) is 15.2. The van der Waals surface area contributed by atoms with E-state index in [1.807, 2.05) is 18.2 Å². The molecule has 0 saturated heterocycles. The zero-order valence-corrected chi connectivity index (χ0v) is 12.3. The molecule has 0 aromatic heterocycles. The van der Waals surface area contributed by atoms with Crippen LogP contribution in [0, 0.1) is 0 Å².